The molecule has 138 valence electrons. The molecule has 0 aliphatic rings. The summed E-state index contributed by atoms with van der Waals surface area (Å²) in [6, 6.07) is 15.9. The van der Waals surface area contributed by atoms with Crippen LogP contribution in [0.1, 0.15) is 22.3 Å². The second-order valence-electron chi connectivity index (χ2n) is 7.64. The number of furan rings is 1. The number of aromatic nitrogens is 1. The molecule has 28 heavy (non-hydrogen) atoms. The van der Waals surface area contributed by atoms with Gasteiger partial charge >= 0.3 is 0 Å². The van der Waals surface area contributed by atoms with Gasteiger partial charge in [-0.15, -0.1) is 0 Å². The Bertz CT molecular complexity index is 1410. The normalized spacial score (nSPS) is 11.8. The van der Waals surface area contributed by atoms with Crippen LogP contribution in [0.4, 0.5) is 4.39 Å². The van der Waals surface area contributed by atoms with Crippen LogP contribution in [0.25, 0.3) is 44.1 Å². The SMILES string of the molecule is Cc1cc(-c2cc(C)c3cccc(C)c3n2)c2oc3c(C)c(F)ccc3c2c1. The summed E-state index contributed by atoms with van der Waals surface area (Å²) in [5.41, 5.74) is 8.18. The Morgan fingerprint density at radius 3 is 2.43 bits per heavy atom. The van der Waals surface area contributed by atoms with E-state index in [9.17, 15) is 4.39 Å². The zero-order valence-electron chi connectivity index (χ0n) is 16.4. The van der Waals surface area contributed by atoms with Crippen LogP contribution >= 0.6 is 0 Å². The first-order valence-electron chi connectivity index (χ1n) is 9.43. The van der Waals surface area contributed by atoms with Crippen molar-refractivity contribution >= 4 is 32.8 Å². The summed E-state index contributed by atoms with van der Waals surface area (Å²) in [7, 11) is 0. The van der Waals surface area contributed by atoms with Gasteiger partial charge < -0.3 is 4.42 Å². The minimum Gasteiger partial charge on any atom is -0.455 e. The number of fused-ring (bicyclic) bond motifs is 4. The van der Waals surface area contributed by atoms with E-state index in [1.54, 1.807) is 13.0 Å². The van der Waals surface area contributed by atoms with Crippen LogP contribution in [-0.2, 0) is 0 Å². The Kier molecular flexibility index (Phi) is 3.57. The van der Waals surface area contributed by atoms with E-state index in [2.05, 4.69) is 57.2 Å². The third-order valence-corrected chi connectivity index (χ3v) is 5.59. The molecule has 0 aliphatic carbocycles. The average Bonchev–Trinajstić information content (AvgIpc) is 3.04. The maximum absolute atomic E-state index is 14.1. The lowest BCUT2D eigenvalue weighted by molar-refractivity contribution is 0.608. The van der Waals surface area contributed by atoms with Gasteiger partial charge in [0.15, 0.2) is 0 Å². The largest absolute Gasteiger partial charge is 0.455 e. The lowest BCUT2D eigenvalue weighted by Crippen LogP contribution is -1.92. The summed E-state index contributed by atoms with van der Waals surface area (Å²) in [5.74, 6) is -0.250. The molecule has 0 bridgehead atoms. The molecule has 3 aromatic carbocycles. The van der Waals surface area contributed by atoms with E-state index in [4.69, 9.17) is 9.40 Å². The van der Waals surface area contributed by atoms with Crippen molar-refractivity contribution in [3.8, 4) is 11.3 Å². The van der Waals surface area contributed by atoms with Gasteiger partial charge in [0.2, 0.25) is 0 Å². The predicted molar refractivity (Wildman–Crippen MR) is 113 cm³/mol. The van der Waals surface area contributed by atoms with E-state index in [-0.39, 0.29) is 5.82 Å². The van der Waals surface area contributed by atoms with E-state index >= 15 is 0 Å². The molecule has 0 N–H and O–H groups in total. The Hall–Kier alpha value is -3.20. The number of nitrogens with zero attached hydrogens (tertiary/aromatic N) is 1. The quantitative estimate of drug-likeness (QED) is 0.313. The third-order valence-electron chi connectivity index (χ3n) is 5.59. The molecular formula is C25H20FNO. The first-order valence-corrected chi connectivity index (χ1v) is 9.43. The molecular weight excluding hydrogens is 349 g/mol. The van der Waals surface area contributed by atoms with Crippen molar-refractivity contribution in [1.82, 2.24) is 4.98 Å². The number of halogens is 1. The monoisotopic (exact) mass is 369 g/mol. The summed E-state index contributed by atoms with van der Waals surface area (Å²) in [6.45, 7) is 8.02. The predicted octanol–water partition coefficient (Wildman–Crippen LogP) is 7.17. The smallest absolute Gasteiger partial charge is 0.144 e. The van der Waals surface area contributed by atoms with Gasteiger partial charge in [-0.25, -0.2) is 9.37 Å². The third kappa shape index (κ3) is 2.36. The highest BCUT2D eigenvalue weighted by molar-refractivity contribution is 6.10. The summed E-state index contributed by atoms with van der Waals surface area (Å²) in [4.78, 5) is 4.97. The van der Waals surface area contributed by atoms with Crippen LogP contribution in [0.5, 0.6) is 0 Å². The first kappa shape index (κ1) is 16.9. The second kappa shape index (κ2) is 5.90. The van der Waals surface area contributed by atoms with Crippen molar-refractivity contribution in [1.29, 1.82) is 0 Å². The van der Waals surface area contributed by atoms with Crippen LogP contribution in [0.2, 0.25) is 0 Å². The maximum Gasteiger partial charge on any atom is 0.144 e. The van der Waals surface area contributed by atoms with E-state index in [1.807, 2.05) is 0 Å². The highest BCUT2D eigenvalue weighted by Crippen LogP contribution is 2.38. The lowest BCUT2D eigenvalue weighted by Gasteiger charge is -2.10. The minimum atomic E-state index is -0.250. The zero-order chi connectivity index (χ0) is 19.6. The van der Waals surface area contributed by atoms with E-state index in [1.165, 1.54) is 11.6 Å². The fraction of sp³-hybridized carbons (Fsp3) is 0.160. The fourth-order valence-corrected chi connectivity index (χ4v) is 4.09. The second-order valence-corrected chi connectivity index (χ2v) is 7.64. The van der Waals surface area contributed by atoms with Crippen LogP contribution in [0.15, 0.2) is 52.9 Å². The molecule has 5 rings (SSSR count). The van der Waals surface area contributed by atoms with Crippen LogP contribution in [-0.4, -0.2) is 4.98 Å². The van der Waals surface area contributed by atoms with Crippen molar-refractivity contribution in [2.45, 2.75) is 27.7 Å². The molecule has 3 heteroatoms. The van der Waals surface area contributed by atoms with Crippen molar-refractivity contribution in [2.75, 3.05) is 0 Å². The Morgan fingerprint density at radius 1 is 0.786 bits per heavy atom. The summed E-state index contributed by atoms with van der Waals surface area (Å²) in [5, 5.41) is 3.10. The molecule has 0 atom stereocenters. The van der Waals surface area contributed by atoms with Gasteiger partial charge in [0.1, 0.15) is 17.0 Å². The summed E-state index contributed by atoms with van der Waals surface area (Å²) in [6.07, 6.45) is 0. The van der Waals surface area contributed by atoms with Crippen molar-refractivity contribution in [2.24, 2.45) is 0 Å². The molecule has 2 nitrogen and oxygen atoms in total. The number of hydrogen-bond donors (Lipinski definition) is 0. The van der Waals surface area contributed by atoms with E-state index in [0.29, 0.717) is 11.1 Å². The van der Waals surface area contributed by atoms with Gasteiger partial charge in [0.25, 0.3) is 0 Å². The van der Waals surface area contributed by atoms with Gasteiger partial charge in [0, 0.05) is 27.3 Å². The molecule has 0 saturated carbocycles. The molecule has 0 saturated heterocycles. The molecule has 0 unspecified atom stereocenters. The Balaban J connectivity index is 1.90. The van der Waals surface area contributed by atoms with E-state index < -0.39 is 0 Å². The molecule has 0 aliphatic heterocycles. The Morgan fingerprint density at radius 2 is 1.61 bits per heavy atom. The van der Waals surface area contributed by atoms with E-state index in [0.717, 1.165) is 49.6 Å². The number of benzene rings is 3. The van der Waals surface area contributed by atoms with Crippen molar-refractivity contribution < 1.29 is 8.81 Å². The maximum atomic E-state index is 14.1. The molecule has 2 heterocycles. The molecule has 0 fully saturated rings. The highest BCUT2D eigenvalue weighted by Gasteiger charge is 2.17. The minimum absolute atomic E-state index is 0.250. The van der Waals surface area contributed by atoms with Gasteiger partial charge in [0.05, 0.1) is 11.2 Å². The highest BCUT2D eigenvalue weighted by atomic mass is 19.1. The molecule has 2 aromatic heterocycles. The number of pyridine rings is 1. The van der Waals surface area contributed by atoms with Crippen molar-refractivity contribution in [3.63, 3.8) is 0 Å². The molecule has 0 radical (unpaired) electrons. The summed E-state index contributed by atoms with van der Waals surface area (Å²) >= 11 is 0. The van der Waals surface area contributed by atoms with Crippen LogP contribution in [0.3, 0.4) is 0 Å². The zero-order valence-corrected chi connectivity index (χ0v) is 16.4. The first-order chi connectivity index (χ1) is 13.4. The average molecular weight is 369 g/mol. The van der Waals surface area contributed by atoms with Gasteiger partial charge in [-0.1, -0.05) is 18.2 Å². The van der Waals surface area contributed by atoms with Gasteiger partial charge in [-0.05, 0) is 74.7 Å². The molecule has 0 amide bonds. The Labute approximate surface area is 162 Å². The molecule has 0 spiro atoms. The number of rotatable bonds is 1. The number of aryl methyl sites for hydroxylation is 4. The van der Waals surface area contributed by atoms with Crippen LogP contribution in [0, 0.1) is 33.5 Å². The fourth-order valence-electron chi connectivity index (χ4n) is 4.09. The summed E-state index contributed by atoms with van der Waals surface area (Å²) < 4.78 is 20.3. The number of para-hydroxylation sites is 1. The number of hydrogen-bond acceptors (Lipinski definition) is 2. The van der Waals surface area contributed by atoms with Crippen molar-refractivity contribution in [3.05, 3.63) is 76.6 Å². The topological polar surface area (TPSA) is 26.0 Å². The standard InChI is InChI=1S/C25H20FNO/c1-13-10-19-18-8-9-21(26)16(4)24(18)28-25(19)20(11-13)22-12-15(3)17-7-5-6-14(2)23(17)27-22/h5-12H,1-4H3. The van der Waals surface area contributed by atoms with Gasteiger partial charge in [-0.3, -0.25) is 0 Å². The van der Waals surface area contributed by atoms with Crippen LogP contribution < -0.4 is 0 Å². The molecule has 5 aromatic rings. The van der Waals surface area contributed by atoms with Gasteiger partial charge in [-0.2, -0.15) is 0 Å². The lowest BCUT2D eigenvalue weighted by atomic mass is 9.99.